The van der Waals surface area contributed by atoms with Gasteiger partial charge in [0.15, 0.2) is 0 Å². The maximum atomic E-state index is 10.9. The number of esters is 1. The Kier molecular flexibility index (Phi) is 15.9. The molecule has 1 aliphatic carbocycles. The summed E-state index contributed by atoms with van der Waals surface area (Å²) in [5.74, 6) is 0.584. The fourth-order valence-corrected chi connectivity index (χ4v) is 1.84. The van der Waals surface area contributed by atoms with E-state index in [4.69, 9.17) is 4.74 Å². The zero-order chi connectivity index (χ0) is 13.7. The molecule has 1 aliphatic rings. The first-order valence-electron chi connectivity index (χ1n) is 6.89. The van der Waals surface area contributed by atoms with Gasteiger partial charge in [-0.3, -0.25) is 4.79 Å². The van der Waals surface area contributed by atoms with Gasteiger partial charge in [-0.2, -0.15) is 0 Å². The maximum Gasteiger partial charge on any atom is 0.316 e. The van der Waals surface area contributed by atoms with Crippen LogP contribution >= 0.6 is 15.9 Å². The molecule has 0 amide bonds. The number of hydrogen-bond acceptors (Lipinski definition) is 2. The lowest BCUT2D eigenvalue weighted by molar-refractivity contribution is -0.147. The van der Waals surface area contributed by atoms with Gasteiger partial charge in [0.25, 0.3) is 0 Å². The Balaban J connectivity index is 0. The molecule has 2 nitrogen and oxygen atoms in total. The van der Waals surface area contributed by atoms with E-state index in [2.05, 4.69) is 36.7 Å². The summed E-state index contributed by atoms with van der Waals surface area (Å²) >= 11 is 3.08. The van der Waals surface area contributed by atoms with E-state index < -0.39 is 0 Å². The lowest BCUT2D eigenvalue weighted by atomic mass is 9.89. The standard InChI is InChI=1S/C9H15BrO2.C3H8.C2H6/c1-7-3-2-4-8(5-7)12-9(11)6-10;1-3-2;1-2/h7-8H,2-6H2,1H3;3H2,1-2H3;1-2H3. The van der Waals surface area contributed by atoms with Gasteiger partial charge in [0.2, 0.25) is 0 Å². The van der Waals surface area contributed by atoms with Crippen molar-refractivity contribution in [1.29, 1.82) is 0 Å². The second-order valence-corrected chi connectivity index (χ2v) is 4.79. The monoisotopic (exact) mass is 308 g/mol. The van der Waals surface area contributed by atoms with E-state index in [1.165, 1.54) is 19.3 Å². The van der Waals surface area contributed by atoms with Crippen LogP contribution in [0.5, 0.6) is 0 Å². The van der Waals surface area contributed by atoms with Crippen molar-refractivity contribution >= 4 is 21.9 Å². The summed E-state index contributed by atoms with van der Waals surface area (Å²) in [7, 11) is 0. The number of rotatable bonds is 2. The number of carbonyl (C=O) groups excluding carboxylic acids is 1. The van der Waals surface area contributed by atoms with E-state index in [9.17, 15) is 4.79 Å². The van der Waals surface area contributed by atoms with Crippen LogP contribution in [-0.2, 0) is 9.53 Å². The second kappa shape index (κ2) is 14.0. The third kappa shape index (κ3) is 12.2. The van der Waals surface area contributed by atoms with E-state index in [0.29, 0.717) is 11.2 Å². The first kappa shape index (κ1) is 19.3. The van der Waals surface area contributed by atoms with Crippen molar-refractivity contribution in [3.63, 3.8) is 0 Å². The van der Waals surface area contributed by atoms with Gasteiger partial charge in [-0.25, -0.2) is 0 Å². The van der Waals surface area contributed by atoms with Crippen molar-refractivity contribution < 1.29 is 9.53 Å². The van der Waals surface area contributed by atoms with Gasteiger partial charge >= 0.3 is 5.97 Å². The molecule has 0 bridgehead atoms. The van der Waals surface area contributed by atoms with Gasteiger partial charge in [-0.15, -0.1) is 0 Å². The normalized spacial score (nSPS) is 22.5. The molecular weight excluding hydrogens is 280 g/mol. The fraction of sp³-hybridized carbons (Fsp3) is 0.929. The molecular formula is C14H29BrO2. The number of hydrogen-bond donors (Lipinski definition) is 0. The Labute approximate surface area is 116 Å². The average molecular weight is 309 g/mol. The van der Waals surface area contributed by atoms with Crippen LogP contribution in [-0.4, -0.2) is 17.4 Å². The molecule has 0 aromatic carbocycles. The highest BCUT2D eigenvalue weighted by molar-refractivity contribution is 9.09. The first-order valence-corrected chi connectivity index (χ1v) is 8.01. The van der Waals surface area contributed by atoms with Crippen LogP contribution in [0.3, 0.4) is 0 Å². The third-order valence-corrected chi connectivity index (χ3v) is 2.75. The van der Waals surface area contributed by atoms with Gasteiger partial charge in [0.05, 0.1) is 0 Å². The number of halogens is 1. The maximum absolute atomic E-state index is 10.9. The minimum atomic E-state index is -0.130. The summed E-state index contributed by atoms with van der Waals surface area (Å²) < 4.78 is 5.23. The number of ether oxygens (including phenoxy) is 1. The molecule has 0 saturated heterocycles. The smallest absolute Gasteiger partial charge is 0.316 e. The van der Waals surface area contributed by atoms with E-state index in [1.54, 1.807) is 0 Å². The molecule has 0 N–H and O–H groups in total. The summed E-state index contributed by atoms with van der Waals surface area (Å²) in [6.07, 6.45) is 5.99. The predicted molar refractivity (Wildman–Crippen MR) is 78.6 cm³/mol. The highest BCUT2D eigenvalue weighted by Crippen LogP contribution is 2.25. The molecule has 0 spiro atoms. The van der Waals surface area contributed by atoms with E-state index in [0.717, 1.165) is 12.8 Å². The Hall–Kier alpha value is -0.0500. The highest BCUT2D eigenvalue weighted by Gasteiger charge is 2.21. The van der Waals surface area contributed by atoms with Crippen molar-refractivity contribution in [2.24, 2.45) is 5.92 Å². The van der Waals surface area contributed by atoms with Gasteiger partial charge in [-0.1, -0.05) is 63.4 Å². The average Bonchev–Trinajstić information content (AvgIpc) is 2.32. The lowest BCUT2D eigenvalue weighted by Gasteiger charge is -2.26. The van der Waals surface area contributed by atoms with Gasteiger partial charge in [0, 0.05) is 0 Å². The quantitative estimate of drug-likeness (QED) is 0.533. The Morgan fingerprint density at radius 1 is 1.29 bits per heavy atom. The zero-order valence-electron chi connectivity index (χ0n) is 12.1. The molecule has 0 radical (unpaired) electrons. The van der Waals surface area contributed by atoms with Crippen LogP contribution in [0.1, 0.15) is 66.7 Å². The van der Waals surface area contributed by atoms with E-state index in [-0.39, 0.29) is 12.1 Å². The van der Waals surface area contributed by atoms with Gasteiger partial charge in [-0.05, 0) is 25.2 Å². The van der Waals surface area contributed by atoms with Crippen molar-refractivity contribution in [2.75, 3.05) is 5.33 Å². The summed E-state index contributed by atoms with van der Waals surface area (Å²) in [5.41, 5.74) is 0. The molecule has 1 fully saturated rings. The molecule has 104 valence electrons. The Morgan fingerprint density at radius 2 is 1.82 bits per heavy atom. The van der Waals surface area contributed by atoms with E-state index in [1.807, 2.05) is 13.8 Å². The topological polar surface area (TPSA) is 26.3 Å². The Morgan fingerprint density at radius 3 is 2.24 bits per heavy atom. The van der Waals surface area contributed by atoms with Crippen LogP contribution in [0, 0.1) is 5.92 Å². The van der Waals surface area contributed by atoms with Crippen LogP contribution in [0.15, 0.2) is 0 Å². The van der Waals surface area contributed by atoms with Crippen molar-refractivity contribution in [1.82, 2.24) is 0 Å². The van der Waals surface area contributed by atoms with Gasteiger partial charge in [0.1, 0.15) is 11.4 Å². The number of carbonyl (C=O) groups is 1. The summed E-state index contributed by atoms with van der Waals surface area (Å²) in [5, 5.41) is 0.317. The van der Waals surface area contributed by atoms with Crippen LogP contribution in [0.4, 0.5) is 0 Å². The number of alkyl halides is 1. The SMILES string of the molecule is CC.CC1CCCC(OC(=O)CBr)C1.CCC. The predicted octanol–water partition coefficient (Wildman–Crippen LogP) is 4.95. The summed E-state index contributed by atoms with van der Waals surface area (Å²) in [6.45, 7) is 10.5. The molecule has 0 aromatic rings. The van der Waals surface area contributed by atoms with Crippen LogP contribution < -0.4 is 0 Å². The van der Waals surface area contributed by atoms with Crippen molar-refractivity contribution in [3.05, 3.63) is 0 Å². The molecule has 0 aromatic heterocycles. The van der Waals surface area contributed by atoms with Crippen LogP contribution in [0.2, 0.25) is 0 Å². The lowest BCUT2D eigenvalue weighted by Crippen LogP contribution is -2.24. The minimum absolute atomic E-state index is 0.130. The fourth-order valence-electron chi connectivity index (χ4n) is 1.70. The second-order valence-electron chi connectivity index (χ2n) is 4.22. The van der Waals surface area contributed by atoms with Crippen LogP contribution in [0.25, 0.3) is 0 Å². The molecule has 1 rings (SSSR count). The summed E-state index contributed by atoms with van der Waals surface area (Å²) in [4.78, 5) is 10.9. The molecule has 1 saturated carbocycles. The third-order valence-electron chi connectivity index (χ3n) is 2.30. The molecule has 2 atom stereocenters. The molecule has 0 aliphatic heterocycles. The van der Waals surface area contributed by atoms with Crippen molar-refractivity contribution in [3.8, 4) is 0 Å². The van der Waals surface area contributed by atoms with E-state index >= 15 is 0 Å². The Bertz CT molecular complexity index is 172. The van der Waals surface area contributed by atoms with Gasteiger partial charge < -0.3 is 4.74 Å². The molecule has 2 unspecified atom stereocenters. The first-order chi connectivity index (χ1) is 8.13. The summed E-state index contributed by atoms with van der Waals surface area (Å²) in [6, 6.07) is 0. The highest BCUT2D eigenvalue weighted by atomic mass is 79.9. The molecule has 3 heteroatoms. The van der Waals surface area contributed by atoms with Crippen molar-refractivity contribution in [2.45, 2.75) is 72.8 Å². The largest absolute Gasteiger partial charge is 0.462 e. The zero-order valence-corrected chi connectivity index (χ0v) is 13.7. The minimum Gasteiger partial charge on any atom is -0.462 e. The molecule has 17 heavy (non-hydrogen) atoms. The molecule has 0 heterocycles.